The quantitative estimate of drug-likeness (QED) is 0.499. The second kappa shape index (κ2) is 8.09. The number of amides is 1. The zero-order valence-electron chi connectivity index (χ0n) is 14.8. The normalized spacial score (nSPS) is 10.6. The molecule has 0 bridgehead atoms. The molecule has 0 unspecified atom stereocenters. The summed E-state index contributed by atoms with van der Waals surface area (Å²) in [6.07, 6.45) is 0. The Balaban J connectivity index is 1.66. The number of rotatable bonds is 6. The van der Waals surface area contributed by atoms with Gasteiger partial charge in [-0.1, -0.05) is 17.8 Å². The van der Waals surface area contributed by atoms with Gasteiger partial charge >= 0.3 is 0 Å². The number of nitrogen functional groups attached to an aromatic ring is 1. The highest BCUT2D eigenvalue weighted by Gasteiger charge is 2.15. The van der Waals surface area contributed by atoms with E-state index in [9.17, 15) is 9.18 Å². The maximum Gasteiger partial charge on any atom is 0.234 e. The SMILES string of the molecule is COc1ccc(C)cc1NC(=O)CSc1nnc(-c2ccc(F)cc2)n1N. The first kappa shape index (κ1) is 18.7. The van der Waals surface area contributed by atoms with Crippen LogP contribution in [0, 0.1) is 12.7 Å². The van der Waals surface area contributed by atoms with Gasteiger partial charge in [0.2, 0.25) is 11.1 Å². The minimum Gasteiger partial charge on any atom is -0.495 e. The largest absolute Gasteiger partial charge is 0.495 e. The average molecular weight is 387 g/mol. The van der Waals surface area contributed by atoms with E-state index in [1.165, 1.54) is 16.8 Å². The minimum atomic E-state index is -0.348. The molecule has 0 saturated heterocycles. The molecule has 7 nitrogen and oxygen atoms in total. The van der Waals surface area contributed by atoms with Crippen LogP contribution < -0.4 is 15.9 Å². The predicted molar refractivity (Wildman–Crippen MR) is 103 cm³/mol. The van der Waals surface area contributed by atoms with Gasteiger partial charge in [0.15, 0.2) is 5.82 Å². The van der Waals surface area contributed by atoms with Gasteiger partial charge in [0.25, 0.3) is 0 Å². The summed E-state index contributed by atoms with van der Waals surface area (Å²) in [5.41, 5.74) is 2.24. The number of carbonyl (C=O) groups excluding carboxylic acids is 1. The Morgan fingerprint density at radius 2 is 2.00 bits per heavy atom. The first-order chi connectivity index (χ1) is 13.0. The molecule has 0 fully saturated rings. The molecule has 0 atom stereocenters. The van der Waals surface area contributed by atoms with Crippen LogP contribution in [0.1, 0.15) is 5.56 Å². The van der Waals surface area contributed by atoms with E-state index in [-0.39, 0.29) is 17.5 Å². The minimum absolute atomic E-state index is 0.0931. The van der Waals surface area contributed by atoms with Crippen molar-refractivity contribution in [2.75, 3.05) is 24.0 Å². The molecule has 1 aromatic heterocycles. The van der Waals surface area contributed by atoms with Crippen molar-refractivity contribution in [2.24, 2.45) is 0 Å². The number of thioether (sulfide) groups is 1. The van der Waals surface area contributed by atoms with Gasteiger partial charge in [0.05, 0.1) is 18.6 Å². The van der Waals surface area contributed by atoms with Gasteiger partial charge in [-0.05, 0) is 48.9 Å². The average Bonchev–Trinajstić information content (AvgIpc) is 3.01. The van der Waals surface area contributed by atoms with Crippen LogP contribution in [0.4, 0.5) is 10.1 Å². The highest BCUT2D eigenvalue weighted by molar-refractivity contribution is 7.99. The third-order valence-corrected chi connectivity index (χ3v) is 4.67. The van der Waals surface area contributed by atoms with Crippen molar-refractivity contribution in [3.8, 4) is 17.1 Å². The molecular weight excluding hydrogens is 369 g/mol. The fourth-order valence-electron chi connectivity index (χ4n) is 2.41. The van der Waals surface area contributed by atoms with Crippen molar-refractivity contribution < 1.29 is 13.9 Å². The number of anilines is 1. The molecule has 3 rings (SSSR count). The van der Waals surface area contributed by atoms with Crippen molar-refractivity contribution in [3.63, 3.8) is 0 Å². The molecule has 0 spiro atoms. The number of hydrogen-bond donors (Lipinski definition) is 2. The zero-order chi connectivity index (χ0) is 19.4. The molecule has 27 heavy (non-hydrogen) atoms. The van der Waals surface area contributed by atoms with Gasteiger partial charge in [-0.15, -0.1) is 10.2 Å². The summed E-state index contributed by atoms with van der Waals surface area (Å²) >= 11 is 1.15. The fourth-order valence-corrected chi connectivity index (χ4v) is 3.06. The summed E-state index contributed by atoms with van der Waals surface area (Å²) in [6, 6.07) is 11.3. The van der Waals surface area contributed by atoms with Gasteiger partial charge in [-0.3, -0.25) is 4.79 Å². The monoisotopic (exact) mass is 387 g/mol. The smallest absolute Gasteiger partial charge is 0.234 e. The number of aryl methyl sites for hydroxylation is 1. The standard InChI is InChI=1S/C18H18FN5O2S/c1-11-3-8-15(26-2)14(9-11)21-16(25)10-27-18-23-22-17(24(18)20)12-4-6-13(19)7-5-12/h3-9H,10,20H2,1-2H3,(H,21,25). The topological polar surface area (TPSA) is 95.1 Å². The Kier molecular flexibility index (Phi) is 5.60. The Bertz CT molecular complexity index is 959. The summed E-state index contributed by atoms with van der Waals surface area (Å²) < 4.78 is 19.6. The molecular formula is C18H18FN5O2S. The van der Waals surface area contributed by atoms with Crippen LogP contribution in [0.25, 0.3) is 11.4 Å². The molecule has 0 aliphatic carbocycles. The van der Waals surface area contributed by atoms with E-state index in [1.807, 2.05) is 19.1 Å². The highest BCUT2D eigenvalue weighted by atomic mass is 32.2. The summed E-state index contributed by atoms with van der Waals surface area (Å²) in [7, 11) is 1.54. The zero-order valence-corrected chi connectivity index (χ0v) is 15.6. The van der Waals surface area contributed by atoms with E-state index in [1.54, 1.807) is 25.3 Å². The number of carbonyl (C=O) groups is 1. The Hall–Kier alpha value is -3.07. The third kappa shape index (κ3) is 4.37. The lowest BCUT2D eigenvalue weighted by molar-refractivity contribution is -0.113. The lowest BCUT2D eigenvalue weighted by Gasteiger charge is -2.10. The van der Waals surface area contributed by atoms with Crippen molar-refractivity contribution in [1.29, 1.82) is 0 Å². The number of ether oxygens (including phenoxy) is 1. The molecule has 1 heterocycles. The van der Waals surface area contributed by atoms with E-state index in [4.69, 9.17) is 10.6 Å². The molecule has 2 aromatic carbocycles. The molecule has 0 aliphatic rings. The maximum absolute atomic E-state index is 13.0. The number of nitrogens with two attached hydrogens (primary N) is 1. The Morgan fingerprint density at radius 1 is 1.26 bits per heavy atom. The van der Waals surface area contributed by atoms with Gasteiger partial charge in [0, 0.05) is 5.56 Å². The molecule has 0 saturated carbocycles. The number of nitrogens with zero attached hydrogens (tertiary/aromatic N) is 3. The van der Waals surface area contributed by atoms with Gasteiger partial charge in [0.1, 0.15) is 11.6 Å². The van der Waals surface area contributed by atoms with E-state index in [2.05, 4.69) is 15.5 Å². The highest BCUT2D eigenvalue weighted by Crippen LogP contribution is 2.26. The fraction of sp³-hybridized carbons (Fsp3) is 0.167. The van der Waals surface area contributed by atoms with Gasteiger partial charge in [-0.25, -0.2) is 9.07 Å². The summed E-state index contributed by atoms with van der Waals surface area (Å²) in [5.74, 6) is 6.49. The second-order valence-electron chi connectivity index (χ2n) is 5.72. The maximum atomic E-state index is 13.0. The van der Waals surface area contributed by atoms with Crippen molar-refractivity contribution >= 4 is 23.4 Å². The van der Waals surface area contributed by atoms with E-state index in [0.29, 0.717) is 28.0 Å². The number of methoxy groups -OCH3 is 1. The van der Waals surface area contributed by atoms with Crippen molar-refractivity contribution in [2.45, 2.75) is 12.1 Å². The van der Waals surface area contributed by atoms with E-state index < -0.39 is 0 Å². The molecule has 3 aromatic rings. The van der Waals surface area contributed by atoms with E-state index >= 15 is 0 Å². The Labute approximate surface area is 159 Å². The molecule has 1 amide bonds. The second-order valence-corrected chi connectivity index (χ2v) is 6.67. The van der Waals surface area contributed by atoms with Crippen LogP contribution in [-0.2, 0) is 4.79 Å². The number of benzene rings is 2. The Morgan fingerprint density at radius 3 is 2.70 bits per heavy atom. The molecule has 9 heteroatoms. The first-order valence-electron chi connectivity index (χ1n) is 8.01. The molecule has 3 N–H and O–H groups in total. The summed E-state index contributed by atoms with van der Waals surface area (Å²) in [6.45, 7) is 1.93. The third-order valence-electron chi connectivity index (χ3n) is 3.73. The molecule has 0 radical (unpaired) electrons. The molecule has 140 valence electrons. The van der Waals surface area contributed by atoms with E-state index in [0.717, 1.165) is 17.3 Å². The van der Waals surface area contributed by atoms with Crippen LogP contribution >= 0.6 is 11.8 Å². The predicted octanol–water partition coefficient (Wildman–Crippen LogP) is 2.85. The number of hydrogen-bond acceptors (Lipinski definition) is 6. The lowest BCUT2D eigenvalue weighted by atomic mass is 10.2. The van der Waals surface area contributed by atoms with Crippen LogP contribution in [0.3, 0.4) is 0 Å². The number of aromatic nitrogens is 3. The van der Waals surface area contributed by atoms with Crippen LogP contribution in [-0.4, -0.2) is 33.6 Å². The van der Waals surface area contributed by atoms with Crippen LogP contribution in [0.15, 0.2) is 47.6 Å². The summed E-state index contributed by atoms with van der Waals surface area (Å²) in [5, 5.41) is 11.2. The number of halogens is 1. The summed E-state index contributed by atoms with van der Waals surface area (Å²) in [4.78, 5) is 12.3. The van der Waals surface area contributed by atoms with Crippen molar-refractivity contribution in [1.82, 2.24) is 14.9 Å². The van der Waals surface area contributed by atoms with Crippen LogP contribution in [0.5, 0.6) is 5.75 Å². The van der Waals surface area contributed by atoms with Gasteiger partial charge in [-0.2, -0.15) is 0 Å². The number of nitrogens with one attached hydrogen (secondary N) is 1. The molecule has 0 aliphatic heterocycles. The van der Waals surface area contributed by atoms with Crippen molar-refractivity contribution in [3.05, 3.63) is 53.8 Å². The van der Waals surface area contributed by atoms with Gasteiger partial charge < -0.3 is 15.9 Å². The first-order valence-corrected chi connectivity index (χ1v) is 9.00. The lowest BCUT2D eigenvalue weighted by Crippen LogP contribution is -2.17. The van der Waals surface area contributed by atoms with Crippen LogP contribution in [0.2, 0.25) is 0 Å².